The first-order chi connectivity index (χ1) is 8.72. The second-order valence-electron chi connectivity index (χ2n) is 5.15. The van der Waals surface area contributed by atoms with Crippen molar-refractivity contribution in [1.82, 2.24) is 4.98 Å². The number of ketones is 1. The van der Waals surface area contributed by atoms with Crippen LogP contribution in [-0.4, -0.2) is 23.9 Å². The Hall–Kier alpha value is -1.38. The molecule has 1 saturated heterocycles. The van der Waals surface area contributed by atoms with Gasteiger partial charge in [0.05, 0.1) is 5.56 Å². The molecule has 18 heavy (non-hydrogen) atoms. The van der Waals surface area contributed by atoms with Crippen molar-refractivity contribution in [3.63, 3.8) is 0 Å². The summed E-state index contributed by atoms with van der Waals surface area (Å²) >= 11 is 0. The minimum atomic E-state index is 0.105. The SMILES string of the molecule is CCCC1CCN(c2ncccc2C(C)=O)CC1. The molecule has 0 N–H and O–H groups in total. The highest BCUT2D eigenvalue weighted by atomic mass is 16.1. The fourth-order valence-electron chi connectivity index (χ4n) is 2.77. The number of Topliss-reactive ketones (excluding diaryl/α,β-unsaturated/α-hetero) is 1. The topological polar surface area (TPSA) is 33.2 Å². The van der Waals surface area contributed by atoms with Crippen molar-refractivity contribution in [2.45, 2.75) is 39.5 Å². The minimum Gasteiger partial charge on any atom is -0.356 e. The van der Waals surface area contributed by atoms with Crippen molar-refractivity contribution >= 4 is 11.6 Å². The van der Waals surface area contributed by atoms with Crippen LogP contribution in [0.15, 0.2) is 18.3 Å². The van der Waals surface area contributed by atoms with Gasteiger partial charge in [0.2, 0.25) is 0 Å². The zero-order valence-corrected chi connectivity index (χ0v) is 11.4. The molecule has 0 radical (unpaired) electrons. The maximum Gasteiger partial charge on any atom is 0.163 e. The van der Waals surface area contributed by atoms with Crippen LogP contribution >= 0.6 is 0 Å². The molecular weight excluding hydrogens is 224 g/mol. The van der Waals surface area contributed by atoms with Gasteiger partial charge in [0.1, 0.15) is 5.82 Å². The molecule has 0 saturated carbocycles. The number of aromatic nitrogens is 1. The number of hydrogen-bond acceptors (Lipinski definition) is 3. The van der Waals surface area contributed by atoms with E-state index in [2.05, 4.69) is 16.8 Å². The second kappa shape index (κ2) is 5.98. The van der Waals surface area contributed by atoms with E-state index >= 15 is 0 Å². The quantitative estimate of drug-likeness (QED) is 0.764. The van der Waals surface area contributed by atoms with E-state index in [1.807, 2.05) is 12.1 Å². The lowest BCUT2D eigenvalue weighted by Crippen LogP contribution is -2.35. The number of rotatable bonds is 4. The Balaban J connectivity index is 2.07. The van der Waals surface area contributed by atoms with Crippen LogP contribution in [0, 0.1) is 5.92 Å². The molecular formula is C15H22N2O. The lowest BCUT2D eigenvalue weighted by molar-refractivity contribution is 0.101. The van der Waals surface area contributed by atoms with Crippen molar-refractivity contribution in [3.05, 3.63) is 23.9 Å². The van der Waals surface area contributed by atoms with Crippen molar-refractivity contribution in [2.75, 3.05) is 18.0 Å². The maximum absolute atomic E-state index is 11.6. The van der Waals surface area contributed by atoms with Crippen molar-refractivity contribution in [1.29, 1.82) is 0 Å². The first-order valence-electron chi connectivity index (χ1n) is 6.93. The molecule has 3 nitrogen and oxygen atoms in total. The highest BCUT2D eigenvalue weighted by molar-refractivity contribution is 5.98. The van der Waals surface area contributed by atoms with Gasteiger partial charge < -0.3 is 4.90 Å². The first kappa shape index (κ1) is 13.1. The van der Waals surface area contributed by atoms with E-state index in [9.17, 15) is 4.79 Å². The number of nitrogens with zero attached hydrogens (tertiary/aromatic N) is 2. The number of carbonyl (C=O) groups is 1. The fourth-order valence-corrected chi connectivity index (χ4v) is 2.77. The van der Waals surface area contributed by atoms with E-state index in [-0.39, 0.29) is 5.78 Å². The standard InChI is InChI=1S/C15H22N2O/c1-3-5-13-7-10-17(11-8-13)15-14(12(2)18)6-4-9-16-15/h4,6,9,13H,3,5,7-8,10-11H2,1-2H3. The zero-order chi connectivity index (χ0) is 13.0. The van der Waals surface area contributed by atoms with Crippen molar-refractivity contribution in [3.8, 4) is 0 Å². The normalized spacial score (nSPS) is 16.9. The van der Waals surface area contributed by atoms with Crippen molar-refractivity contribution < 1.29 is 4.79 Å². The third-order valence-corrected chi connectivity index (χ3v) is 3.78. The van der Waals surface area contributed by atoms with E-state index in [1.54, 1.807) is 13.1 Å². The van der Waals surface area contributed by atoms with Gasteiger partial charge in [-0.3, -0.25) is 4.79 Å². The smallest absolute Gasteiger partial charge is 0.163 e. The third-order valence-electron chi connectivity index (χ3n) is 3.78. The summed E-state index contributed by atoms with van der Waals surface area (Å²) in [4.78, 5) is 18.3. The summed E-state index contributed by atoms with van der Waals surface area (Å²) in [5, 5.41) is 0. The Labute approximate surface area is 109 Å². The summed E-state index contributed by atoms with van der Waals surface area (Å²) in [6, 6.07) is 3.72. The summed E-state index contributed by atoms with van der Waals surface area (Å²) < 4.78 is 0. The van der Waals surface area contributed by atoms with Crippen LogP contribution in [-0.2, 0) is 0 Å². The Morgan fingerprint density at radius 1 is 1.44 bits per heavy atom. The molecule has 0 atom stereocenters. The molecule has 2 heterocycles. The second-order valence-corrected chi connectivity index (χ2v) is 5.15. The number of carbonyl (C=O) groups excluding carboxylic acids is 1. The molecule has 0 amide bonds. The van der Waals surface area contributed by atoms with Crippen LogP contribution in [0.2, 0.25) is 0 Å². The largest absolute Gasteiger partial charge is 0.356 e. The predicted octanol–water partition coefficient (Wildman–Crippen LogP) is 3.30. The molecule has 0 aliphatic carbocycles. The van der Waals surface area contributed by atoms with E-state index in [0.29, 0.717) is 0 Å². The predicted molar refractivity (Wildman–Crippen MR) is 74.1 cm³/mol. The van der Waals surface area contributed by atoms with E-state index in [0.717, 1.165) is 30.4 Å². The minimum absolute atomic E-state index is 0.105. The monoisotopic (exact) mass is 246 g/mol. The highest BCUT2D eigenvalue weighted by Crippen LogP contribution is 2.26. The lowest BCUT2D eigenvalue weighted by atomic mass is 9.92. The van der Waals surface area contributed by atoms with Gasteiger partial charge in [0.25, 0.3) is 0 Å². The van der Waals surface area contributed by atoms with Crippen LogP contribution in [0.3, 0.4) is 0 Å². The Kier molecular flexibility index (Phi) is 4.34. The third kappa shape index (κ3) is 2.89. The summed E-state index contributed by atoms with van der Waals surface area (Å²) in [7, 11) is 0. The van der Waals surface area contributed by atoms with Gasteiger partial charge in [-0.1, -0.05) is 19.8 Å². The summed E-state index contributed by atoms with van der Waals surface area (Å²) in [5.41, 5.74) is 0.756. The molecule has 1 fully saturated rings. The summed E-state index contributed by atoms with van der Waals surface area (Å²) in [5.74, 6) is 1.84. The number of anilines is 1. The summed E-state index contributed by atoms with van der Waals surface area (Å²) in [6.45, 7) is 5.92. The zero-order valence-electron chi connectivity index (χ0n) is 11.4. The molecule has 0 aromatic carbocycles. The van der Waals surface area contributed by atoms with Crippen molar-refractivity contribution in [2.24, 2.45) is 5.92 Å². The molecule has 0 unspecified atom stereocenters. The molecule has 2 rings (SSSR count). The molecule has 1 aromatic rings. The molecule has 0 spiro atoms. The van der Waals surface area contributed by atoms with Crippen LogP contribution in [0.25, 0.3) is 0 Å². The van der Waals surface area contributed by atoms with E-state index < -0.39 is 0 Å². The van der Waals surface area contributed by atoms with Crippen LogP contribution in [0.5, 0.6) is 0 Å². The molecule has 1 aliphatic heterocycles. The van der Waals surface area contributed by atoms with Gasteiger partial charge in [-0.25, -0.2) is 4.98 Å². The van der Waals surface area contributed by atoms with Gasteiger partial charge in [-0.2, -0.15) is 0 Å². The highest BCUT2D eigenvalue weighted by Gasteiger charge is 2.22. The number of pyridine rings is 1. The van der Waals surface area contributed by atoms with Crippen LogP contribution in [0.1, 0.15) is 49.9 Å². The fraction of sp³-hybridized carbons (Fsp3) is 0.600. The Morgan fingerprint density at radius 2 is 2.17 bits per heavy atom. The van der Waals surface area contributed by atoms with Gasteiger partial charge in [-0.15, -0.1) is 0 Å². The van der Waals surface area contributed by atoms with Gasteiger partial charge in [0, 0.05) is 19.3 Å². The average Bonchev–Trinajstić information content (AvgIpc) is 2.40. The Bertz CT molecular complexity index is 409. The summed E-state index contributed by atoms with van der Waals surface area (Å²) in [6.07, 6.45) is 6.83. The van der Waals surface area contributed by atoms with Gasteiger partial charge >= 0.3 is 0 Å². The first-order valence-corrected chi connectivity index (χ1v) is 6.93. The Morgan fingerprint density at radius 3 is 2.78 bits per heavy atom. The number of piperidine rings is 1. The molecule has 0 bridgehead atoms. The van der Waals surface area contributed by atoms with Crippen LogP contribution < -0.4 is 4.90 Å². The molecule has 98 valence electrons. The maximum atomic E-state index is 11.6. The molecule has 3 heteroatoms. The molecule has 1 aromatic heterocycles. The van der Waals surface area contributed by atoms with Crippen LogP contribution in [0.4, 0.5) is 5.82 Å². The lowest BCUT2D eigenvalue weighted by Gasteiger charge is -2.33. The van der Waals surface area contributed by atoms with E-state index in [4.69, 9.17) is 0 Å². The van der Waals surface area contributed by atoms with E-state index in [1.165, 1.54) is 25.7 Å². The van der Waals surface area contributed by atoms with Gasteiger partial charge in [0.15, 0.2) is 5.78 Å². The van der Waals surface area contributed by atoms with Gasteiger partial charge in [-0.05, 0) is 37.8 Å². The molecule has 1 aliphatic rings. The average molecular weight is 246 g/mol. The number of hydrogen-bond donors (Lipinski definition) is 0.